The Morgan fingerprint density at radius 3 is 2.64 bits per heavy atom. The first-order chi connectivity index (χ1) is 13.3. The molecule has 1 saturated heterocycles. The second-order valence-corrected chi connectivity index (χ2v) is 6.57. The summed E-state index contributed by atoms with van der Waals surface area (Å²) >= 11 is 0. The Labute approximate surface area is 157 Å². The maximum atomic E-state index is 14.4. The molecule has 1 aliphatic heterocycles. The largest absolute Gasteiger partial charge is 0.477 e. The highest BCUT2D eigenvalue weighted by Gasteiger charge is 2.23. The van der Waals surface area contributed by atoms with Crippen LogP contribution in [0, 0.1) is 11.6 Å². The molecule has 1 fully saturated rings. The molecule has 1 aromatic carbocycles. The van der Waals surface area contributed by atoms with Crippen LogP contribution in [0.5, 0.6) is 0 Å². The molecule has 1 atom stereocenters. The van der Waals surface area contributed by atoms with Gasteiger partial charge in [-0.25, -0.2) is 18.6 Å². The van der Waals surface area contributed by atoms with Gasteiger partial charge in [0.05, 0.1) is 17.2 Å². The predicted octanol–water partition coefficient (Wildman–Crippen LogP) is 1.93. The van der Waals surface area contributed by atoms with Crippen molar-refractivity contribution in [2.45, 2.75) is 12.5 Å². The van der Waals surface area contributed by atoms with E-state index in [1.165, 1.54) is 6.07 Å². The maximum Gasteiger partial charge on any atom is 0.341 e. The molecule has 7 nitrogen and oxygen atoms in total. The molecular weight excluding hydrogens is 372 g/mol. The van der Waals surface area contributed by atoms with Crippen molar-refractivity contribution < 1.29 is 23.8 Å². The first-order valence-corrected chi connectivity index (χ1v) is 8.53. The van der Waals surface area contributed by atoms with E-state index >= 15 is 0 Å². The Hall–Kier alpha value is -3.33. The first-order valence-electron chi connectivity index (χ1n) is 8.53. The number of halogens is 2. The number of carboxylic acids is 1. The minimum absolute atomic E-state index is 0.00730. The standard InChI is InChI=1S/C19H15F2N3O4/c20-10-1-3-15(14(21)7-10)24-9-13(19(27)28)17(26)12-2-4-16(22-18(12)24)23-6-5-11(25)8-23/h1-4,7,9,11,25H,5-6,8H2,(H,27,28). The number of anilines is 1. The van der Waals surface area contributed by atoms with Crippen LogP contribution in [0.1, 0.15) is 16.8 Å². The lowest BCUT2D eigenvalue weighted by Gasteiger charge is -2.19. The summed E-state index contributed by atoms with van der Waals surface area (Å²) in [6.45, 7) is 0.920. The molecule has 144 valence electrons. The average Bonchev–Trinajstić information content (AvgIpc) is 3.08. The van der Waals surface area contributed by atoms with Gasteiger partial charge in [-0.05, 0) is 30.7 Å². The number of β-amino-alcohol motifs (C(OH)–C–C–N with tert-alkyl or cyclic N) is 1. The van der Waals surface area contributed by atoms with E-state index in [0.717, 1.165) is 22.9 Å². The van der Waals surface area contributed by atoms with Crippen LogP contribution in [0.2, 0.25) is 0 Å². The highest BCUT2D eigenvalue weighted by Crippen LogP contribution is 2.24. The topological polar surface area (TPSA) is 95.7 Å². The Kier molecular flexibility index (Phi) is 4.31. The number of nitrogens with zero attached hydrogens (tertiary/aromatic N) is 3. The smallest absolute Gasteiger partial charge is 0.341 e. The van der Waals surface area contributed by atoms with E-state index in [4.69, 9.17) is 0 Å². The lowest BCUT2D eigenvalue weighted by atomic mass is 10.1. The van der Waals surface area contributed by atoms with E-state index in [1.807, 2.05) is 4.90 Å². The summed E-state index contributed by atoms with van der Waals surface area (Å²) < 4.78 is 28.8. The summed E-state index contributed by atoms with van der Waals surface area (Å²) in [7, 11) is 0. The van der Waals surface area contributed by atoms with E-state index in [0.29, 0.717) is 31.4 Å². The molecule has 2 N–H and O–H groups in total. The number of carboxylic acid groups (broad SMARTS) is 1. The van der Waals surface area contributed by atoms with Gasteiger partial charge in [0.25, 0.3) is 0 Å². The van der Waals surface area contributed by atoms with Crippen LogP contribution in [0.4, 0.5) is 14.6 Å². The van der Waals surface area contributed by atoms with Crippen molar-refractivity contribution in [2.75, 3.05) is 18.0 Å². The Morgan fingerprint density at radius 1 is 1.21 bits per heavy atom. The third kappa shape index (κ3) is 2.99. The number of aromatic nitrogens is 2. The van der Waals surface area contributed by atoms with Gasteiger partial charge in [-0.15, -0.1) is 0 Å². The lowest BCUT2D eigenvalue weighted by Crippen LogP contribution is -2.24. The van der Waals surface area contributed by atoms with Crippen molar-refractivity contribution in [1.82, 2.24) is 9.55 Å². The summed E-state index contributed by atoms with van der Waals surface area (Å²) in [4.78, 5) is 30.2. The fourth-order valence-corrected chi connectivity index (χ4v) is 3.33. The molecule has 9 heteroatoms. The minimum Gasteiger partial charge on any atom is -0.477 e. The summed E-state index contributed by atoms with van der Waals surface area (Å²) in [5.74, 6) is -2.72. The SMILES string of the molecule is O=C(O)c1cn(-c2ccc(F)cc2F)c2nc(N3CCC(O)C3)ccc2c1=O. The molecule has 3 heterocycles. The number of benzene rings is 1. The number of aliphatic hydroxyl groups is 1. The number of hydrogen-bond acceptors (Lipinski definition) is 5. The van der Waals surface area contributed by atoms with Gasteiger partial charge in [-0.2, -0.15) is 0 Å². The van der Waals surface area contributed by atoms with Gasteiger partial charge in [-0.1, -0.05) is 0 Å². The number of rotatable bonds is 3. The van der Waals surface area contributed by atoms with Crippen LogP contribution >= 0.6 is 0 Å². The van der Waals surface area contributed by atoms with Gasteiger partial charge < -0.3 is 15.1 Å². The zero-order chi connectivity index (χ0) is 20.0. The third-order valence-electron chi connectivity index (χ3n) is 4.72. The van der Waals surface area contributed by atoms with Crippen molar-refractivity contribution in [3.63, 3.8) is 0 Å². The third-order valence-corrected chi connectivity index (χ3v) is 4.72. The van der Waals surface area contributed by atoms with E-state index in [9.17, 15) is 28.6 Å². The number of hydrogen-bond donors (Lipinski definition) is 2. The summed E-state index contributed by atoms with van der Waals surface area (Å²) in [5, 5.41) is 19.1. The Bertz CT molecular complexity index is 1160. The Morgan fingerprint density at radius 2 is 2.00 bits per heavy atom. The van der Waals surface area contributed by atoms with E-state index in [1.54, 1.807) is 6.07 Å². The minimum atomic E-state index is -1.46. The number of fused-ring (bicyclic) bond motifs is 1. The molecule has 2 aromatic heterocycles. The van der Waals surface area contributed by atoms with E-state index in [2.05, 4.69) is 4.98 Å². The van der Waals surface area contributed by atoms with E-state index < -0.39 is 34.7 Å². The summed E-state index contributed by atoms with van der Waals surface area (Å²) in [5.41, 5.74) is -1.40. The van der Waals surface area contributed by atoms with Gasteiger partial charge in [0, 0.05) is 25.4 Å². The number of aromatic carboxylic acids is 1. The van der Waals surface area contributed by atoms with Crippen LogP contribution in [-0.2, 0) is 0 Å². The predicted molar refractivity (Wildman–Crippen MR) is 97.1 cm³/mol. The maximum absolute atomic E-state index is 14.4. The molecule has 1 unspecified atom stereocenters. The molecule has 0 saturated carbocycles. The molecule has 0 aliphatic carbocycles. The molecule has 0 amide bonds. The van der Waals surface area contributed by atoms with Crippen molar-refractivity contribution >= 4 is 22.8 Å². The molecule has 3 aromatic rings. The van der Waals surface area contributed by atoms with Crippen LogP contribution in [0.3, 0.4) is 0 Å². The molecule has 28 heavy (non-hydrogen) atoms. The van der Waals surface area contributed by atoms with E-state index in [-0.39, 0.29) is 16.7 Å². The van der Waals surface area contributed by atoms with Gasteiger partial charge in [0.1, 0.15) is 23.0 Å². The van der Waals surface area contributed by atoms with Crippen molar-refractivity contribution in [3.05, 3.63) is 63.9 Å². The Balaban J connectivity index is 2.00. The van der Waals surface area contributed by atoms with Crippen molar-refractivity contribution in [1.29, 1.82) is 0 Å². The molecule has 1 aliphatic rings. The zero-order valence-electron chi connectivity index (χ0n) is 14.5. The van der Waals surface area contributed by atoms with Crippen molar-refractivity contribution in [2.24, 2.45) is 0 Å². The zero-order valence-corrected chi connectivity index (χ0v) is 14.5. The van der Waals surface area contributed by atoms with Gasteiger partial charge in [-0.3, -0.25) is 9.36 Å². The lowest BCUT2D eigenvalue weighted by molar-refractivity contribution is 0.0695. The molecule has 0 bridgehead atoms. The average molecular weight is 387 g/mol. The number of carbonyl (C=O) groups is 1. The van der Waals surface area contributed by atoms with Crippen LogP contribution < -0.4 is 10.3 Å². The van der Waals surface area contributed by atoms with Gasteiger partial charge >= 0.3 is 5.97 Å². The van der Waals surface area contributed by atoms with Gasteiger partial charge in [0.15, 0.2) is 5.65 Å². The number of aliphatic hydroxyl groups excluding tert-OH is 1. The van der Waals surface area contributed by atoms with Crippen LogP contribution in [0.15, 0.2) is 41.3 Å². The normalized spacial score (nSPS) is 16.7. The van der Waals surface area contributed by atoms with Crippen molar-refractivity contribution in [3.8, 4) is 5.69 Å². The molecule has 0 spiro atoms. The fraction of sp³-hybridized carbons (Fsp3) is 0.211. The summed E-state index contributed by atoms with van der Waals surface area (Å²) in [6, 6.07) is 5.83. The second-order valence-electron chi connectivity index (χ2n) is 6.57. The molecular formula is C19H15F2N3O4. The second kappa shape index (κ2) is 6.68. The quantitative estimate of drug-likeness (QED) is 0.713. The molecule has 4 rings (SSSR count). The summed E-state index contributed by atoms with van der Waals surface area (Å²) in [6.07, 6.45) is 1.05. The highest BCUT2D eigenvalue weighted by atomic mass is 19.1. The monoisotopic (exact) mass is 387 g/mol. The fourth-order valence-electron chi connectivity index (χ4n) is 3.33. The molecule has 0 radical (unpaired) electrons. The highest BCUT2D eigenvalue weighted by molar-refractivity contribution is 5.92. The van der Waals surface area contributed by atoms with Crippen LogP contribution in [0.25, 0.3) is 16.7 Å². The number of pyridine rings is 2. The van der Waals surface area contributed by atoms with Gasteiger partial charge in [0.2, 0.25) is 5.43 Å². The van der Waals surface area contributed by atoms with Crippen LogP contribution in [-0.4, -0.2) is 44.9 Å². The first kappa shape index (κ1) is 18.1.